The molecule has 4 nitrogen and oxygen atoms in total. The highest BCUT2D eigenvalue weighted by Crippen LogP contribution is 2.26. The molecule has 5 heteroatoms. The molecule has 0 aliphatic carbocycles. The van der Waals surface area contributed by atoms with Crippen LogP contribution in [0.3, 0.4) is 0 Å². The van der Waals surface area contributed by atoms with Crippen LogP contribution in [0.5, 0.6) is 5.75 Å². The summed E-state index contributed by atoms with van der Waals surface area (Å²) in [5.74, 6) is -0.0620. The molecule has 0 atom stereocenters. The number of aromatic amines is 1. The third kappa shape index (κ3) is 2.41. The predicted octanol–water partition coefficient (Wildman–Crippen LogP) is 3.88. The lowest BCUT2D eigenvalue weighted by molar-refractivity contribution is 0.102. The Bertz CT molecular complexity index is 838. The molecule has 3 aromatic rings. The van der Waals surface area contributed by atoms with Crippen LogP contribution in [0.4, 0.5) is 10.1 Å². The van der Waals surface area contributed by atoms with Crippen LogP contribution in [0, 0.1) is 12.7 Å². The summed E-state index contributed by atoms with van der Waals surface area (Å²) in [7, 11) is 1.58. The zero-order valence-corrected chi connectivity index (χ0v) is 12.2. The molecule has 112 valence electrons. The summed E-state index contributed by atoms with van der Waals surface area (Å²) in [4.78, 5) is 15.5. The van der Waals surface area contributed by atoms with Gasteiger partial charge in [0.1, 0.15) is 11.6 Å². The largest absolute Gasteiger partial charge is 0.497 e. The molecule has 0 spiro atoms. The second-order valence-corrected chi connectivity index (χ2v) is 4.97. The van der Waals surface area contributed by atoms with Crippen LogP contribution in [-0.2, 0) is 0 Å². The summed E-state index contributed by atoms with van der Waals surface area (Å²) >= 11 is 0. The fraction of sp³-hybridized carbons (Fsp3) is 0.118. The van der Waals surface area contributed by atoms with Gasteiger partial charge in [-0.05, 0) is 43.3 Å². The molecule has 0 radical (unpaired) electrons. The molecule has 0 fully saturated rings. The second kappa shape index (κ2) is 5.52. The molecule has 1 aromatic heterocycles. The van der Waals surface area contributed by atoms with E-state index in [4.69, 9.17) is 4.74 Å². The van der Waals surface area contributed by atoms with Crippen molar-refractivity contribution in [2.24, 2.45) is 0 Å². The molecule has 2 N–H and O–H groups in total. The zero-order valence-electron chi connectivity index (χ0n) is 12.2. The third-order valence-corrected chi connectivity index (χ3v) is 3.54. The van der Waals surface area contributed by atoms with Gasteiger partial charge in [-0.25, -0.2) is 4.39 Å². The van der Waals surface area contributed by atoms with Crippen molar-refractivity contribution in [1.82, 2.24) is 4.98 Å². The minimum atomic E-state index is -0.415. The molecule has 0 saturated heterocycles. The molecule has 1 amide bonds. The standard InChI is InChI=1S/C17H15FN2O2/c1-10-15(16-13(18)4-3-5-14(16)19-10)17(21)20-11-6-8-12(22-2)9-7-11/h3-9,19H,1-2H3,(H,20,21). The minimum absolute atomic E-state index is 0.311. The van der Waals surface area contributed by atoms with E-state index in [0.29, 0.717) is 33.6 Å². The normalized spacial score (nSPS) is 10.7. The molecule has 0 aliphatic heterocycles. The highest BCUT2D eigenvalue weighted by molar-refractivity contribution is 6.14. The SMILES string of the molecule is COc1ccc(NC(=O)c2c(C)[nH]c3cccc(F)c23)cc1. The summed E-state index contributed by atoms with van der Waals surface area (Å²) < 4.78 is 19.1. The Kier molecular flexibility index (Phi) is 3.55. The molecule has 0 unspecified atom stereocenters. The monoisotopic (exact) mass is 298 g/mol. The van der Waals surface area contributed by atoms with Crippen LogP contribution in [0.1, 0.15) is 16.1 Å². The number of rotatable bonds is 3. The number of carbonyl (C=O) groups excluding carboxylic acids is 1. The summed E-state index contributed by atoms with van der Waals surface area (Å²) in [5, 5.41) is 3.09. The van der Waals surface area contributed by atoms with Gasteiger partial charge in [0.15, 0.2) is 0 Å². The fourth-order valence-corrected chi connectivity index (χ4v) is 2.49. The molecule has 0 aliphatic rings. The van der Waals surface area contributed by atoms with Crippen LogP contribution >= 0.6 is 0 Å². The Morgan fingerprint density at radius 2 is 1.91 bits per heavy atom. The maximum atomic E-state index is 14.0. The van der Waals surface area contributed by atoms with Crippen molar-refractivity contribution < 1.29 is 13.9 Å². The number of aromatic nitrogens is 1. The number of nitrogens with one attached hydrogen (secondary N) is 2. The first-order valence-corrected chi connectivity index (χ1v) is 6.82. The van der Waals surface area contributed by atoms with Gasteiger partial charge >= 0.3 is 0 Å². The Morgan fingerprint density at radius 1 is 1.18 bits per heavy atom. The molecule has 0 saturated carbocycles. The number of ether oxygens (including phenoxy) is 1. The third-order valence-electron chi connectivity index (χ3n) is 3.54. The highest BCUT2D eigenvalue weighted by atomic mass is 19.1. The molecule has 1 heterocycles. The molecule has 3 rings (SSSR count). The lowest BCUT2D eigenvalue weighted by atomic mass is 10.1. The smallest absolute Gasteiger partial charge is 0.258 e. The van der Waals surface area contributed by atoms with Crippen molar-refractivity contribution in [2.75, 3.05) is 12.4 Å². The van der Waals surface area contributed by atoms with Crippen molar-refractivity contribution in [3.8, 4) is 5.75 Å². The average molecular weight is 298 g/mol. The minimum Gasteiger partial charge on any atom is -0.497 e. The Morgan fingerprint density at radius 3 is 2.59 bits per heavy atom. The number of halogens is 1. The summed E-state index contributed by atoms with van der Waals surface area (Å²) in [6, 6.07) is 11.7. The number of benzene rings is 2. The number of fused-ring (bicyclic) bond motifs is 1. The molecular formula is C17H15FN2O2. The zero-order chi connectivity index (χ0) is 15.7. The fourth-order valence-electron chi connectivity index (χ4n) is 2.49. The number of methoxy groups -OCH3 is 1. The van der Waals surface area contributed by atoms with Gasteiger partial charge in [0.25, 0.3) is 5.91 Å². The number of aryl methyl sites for hydroxylation is 1. The van der Waals surface area contributed by atoms with Gasteiger partial charge in [0, 0.05) is 22.3 Å². The molecule has 0 bridgehead atoms. The Labute approximate surface area is 126 Å². The average Bonchev–Trinajstić information content (AvgIpc) is 2.85. The number of anilines is 1. The van der Waals surface area contributed by atoms with E-state index in [9.17, 15) is 9.18 Å². The van der Waals surface area contributed by atoms with Crippen molar-refractivity contribution >= 4 is 22.5 Å². The van der Waals surface area contributed by atoms with E-state index in [1.807, 2.05) is 0 Å². The first kappa shape index (κ1) is 14.1. The van der Waals surface area contributed by atoms with Gasteiger partial charge in [0.2, 0.25) is 0 Å². The van der Waals surface area contributed by atoms with E-state index in [1.165, 1.54) is 6.07 Å². The van der Waals surface area contributed by atoms with Crippen molar-refractivity contribution in [2.45, 2.75) is 6.92 Å². The van der Waals surface area contributed by atoms with Gasteiger partial charge in [-0.15, -0.1) is 0 Å². The lowest BCUT2D eigenvalue weighted by Gasteiger charge is -2.07. The van der Waals surface area contributed by atoms with Crippen molar-refractivity contribution in [3.05, 3.63) is 59.5 Å². The molecule has 22 heavy (non-hydrogen) atoms. The van der Waals surface area contributed by atoms with Gasteiger partial charge in [0.05, 0.1) is 12.7 Å². The summed E-state index contributed by atoms with van der Waals surface area (Å²) in [6.07, 6.45) is 0. The van der Waals surface area contributed by atoms with Crippen molar-refractivity contribution in [3.63, 3.8) is 0 Å². The maximum absolute atomic E-state index is 14.0. The number of hydrogen-bond acceptors (Lipinski definition) is 2. The number of carbonyl (C=O) groups is 1. The Balaban J connectivity index is 1.96. The van der Waals surface area contributed by atoms with E-state index in [2.05, 4.69) is 10.3 Å². The first-order chi connectivity index (χ1) is 10.6. The van der Waals surface area contributed by atoms with Crippen LogP contribution in [0.15, 0.2) is 42.5 Å². The van der Waals surface area contributed by atoms with Gasteiger partial charge in [-0.1, -0.05) is 6.07 Å². The maximum Gasteiger partial charge on any atom is 0.258 e. The van der Waals surface area contributed by atoms with E-state index in [-0.39, 0.29) is 5.91 Å². The van der Waals surface area contributed by atoms with E-state index >= 15 is 0 Å². The summed E-state index contributed by atoms with van der Waals surface area (Å²) in [6.45, 7) is 1.75. The number of H-pyrrole nitrogens is 1. The van der Waals surface area contributed by atoms with E-state index < -0.39 is 5.82 Å². The van der Waals surface area contributed by atoms with E-state index in [1.54, 1.807) is 50.4 Å². The van der Waals surface area contributed by atoms with Crippen LogP contribution in [0.25, 0.3) is 10.9 Å². The van der Waals surface area contributed by atoms with Gasteiger partial charge in [-0.3, -0.25) is 4.79 Å². The van der Waals surface area contributed by atoms with Crippen molar-refractivity contribution in [1.29, 1.82) is 0 Å². The lowest BCUT2D eigenvalue weighted by Crippen LogP contribution is -2.13. The highest BCUT2D eigenvalue weighted by Gasteiger charge is 2.18. The predicted molar refractivity (Wildman–Crippen MR) is 83.9 cm³/mol. The molecule has 2 aromatic carbocycles. The van der Waals surface area contributed by atoms with Crippen LogP contribution < -0.4 is 10.1 Å². The summed E-state index contributed by atoms with van der Waals surface area (Å²) in [5.41, 5.74) is 2.18. The van der Waals surface area contributed by atoms with E-state index in [0.717, 1.165) is 0 Å². The van der Waals surface area contributed by atoms with Crippen LogP contribution in [0.2, 0.25) is 0 Å². The number of hydrogen-bond donors (Lipinski definition) is 2. The van der Waals surface area contributed by atoms with Gasteiger partial charge in [-0.2, -0.15) is 0 Å². The van der Waals surface area contributed by atoms with Crippen LogP contribution in [-0.4, -0.2) is 18.0 Å². The first-order valence-electron chi connectivity index (χ1n) is 6.82. The topological polar surface area (TPSA) is 54.1 Å². The second-order valence-electron chi connectivity index (χ2n) is 4.97. The number of amides is 1. The Hall–Kier alpha value is -2.82. The molecular weight excluding hydrogens is 283 g/mol. The quantitative estimate of drug-likeness (QED) is 0.771. The van der Waals surface area contributed by atoms with Gasteiger partial charge < -0.3 is 15.0 Å².